The van der Waals surface area contributed by atoms with Gasteiger partial charge >= 0.3 is 0 Å². The van der Waals surface area contributed by atoms with Crippen molar-refractivity contribution in [3.8, 4) is 0 Å². The third-order valence-corrected chi connectivity index (χ3v) is 2.34. The van der Waals surface area contributed by atoms with Gasteiger partial charge < -0.3 is 14.9 Å². The van der Waals surface area contributed by atoms with Crippen LogP contribution in [0.1, 0.15) is 19.8 Å². The summed E-state index contributed by atoms with van der Waals surface area (Å²) in [6.07, 6.45) is 0.708. The van der Waals surface area contributed by atoms with Crippen LogP contribution in [0.4, 0.5) is 0 Å². The molecule has 3 heteroatoms. The monoisotopic (exact) mass is 160 g/mol. The van der Waals surface area contributed by atoms with Crippen LogP contribution >= 0.6 is 0 Å². The van der Waals surface area contributed by atoms with Gasteiger partial charge in [0.25, 0.3) is 0 Å². The molecule has 0 saturated heterocycles. The topological polar surface area (TPSA) is 49.7 Å². The lowest BCUT2D eigenvalue weighted by atomic mass is 10.0. The minimum absolute atomic E-state index is 0.235. The molecule has 0 heterocycles. The van der Waals surface area contributed by atoms with E-state index in [2.05, 4.69) is 0 Å². The Bertz CT molecular complexity index is 137. The SMILES string of the molecule is COC[C@@]1(O)C[C@@H](C)CC1O. The van der Waals surface area contributed by atoms with Crippen LogP contribution < -0.4 is 0 Å². The van der Waals surface area contributed by atoms with Crippen molar-refractivity contribution in [2.75, 3.05) is 13.7 Å². The fraction of sp³-hybridized carbons (Fsp3) is 1.00. The van der Waals surface area contributed by atoms with E-state index in [-0.39, 0.29) is 6.61 Å². The largest absolute Gasteiger partial charge is 0.390 e. The molecule has 0 amide bonds. The molecule has 3 atom stereocenters. The summed E-state index contributed by atoms with van der Waals surface area (Å²) in [5.74, 6) is 0.394. The average molecular weight is 160 g/mol. The van der Waals surface area contributed by atoms with Gasteiger partial charge in [0.05, 0.1) is 12.7 Å². The molecule has 2 N–H and O–H groups in total. The number of rotatable bonds is 2. The van der Waals surface area contributed by atoms with Crippen molar-refractivity contribution < 1.29 is 14.9 Å². The molecule has 66 valence electrons. The maximum Gasteiger partial charge on any atom is 0.114 e. The summed E-state index contributed by atoms with van der Waals surface area (Å²) in [5.41, 5.74) is -0.992. The first-order valence-corrected chi connectivity index (χ1v) is 3.98. The Morgan fingerprint density at radius 2 is 2.27 bits per heavy atom. The van der Waals surface area contributed by atoms with Crippen LogP contribution in [0.25, 0.3) is 0 Å². The minimum atomic E-state index is -0.992. The normalized spacial score (nSPS) is 44.7. The van der Waals surface area contributed by atoms with Crippen LogP contribution in [-0.4, -0.2) is 35.6 Å². The predicted molar refractivity (Wildman–Crippen MR) is 41.2 cm³/mol. The smallest absolute Gasteiger partial charge is 0.114 e. The summed E-state index contributed by atoms with van der Waals surface area (Å²) in [7, 11) is 1.54. The molecule has 11 heavy (non-hydrogen) atoms. The van der Waals surface area contributed by atoms with Crippen molar-refractivity contribution in [1.82, 2.24) is 0 Å². The summed E-state index contributed by atoms with van der Waals surface area (Å²) >= 11 is 0. The van der Waals surface area contributed by atoms with Crippen LogP contribution in [-0.2, 0) is 4.74 Å². The highest BCUT2D eigenvalue weighted by molar-refractivity contribution is 4.95. The Kier molecular flexibility index (Phi) is 2.52. The van der Waals surface area contributed by atoms with E-state index in [4.69, 9.17) is 4.74 Å². The second-order valence-corrected chi connectivity index (χ2v) is 3.60. The molecule has 1 aliphatic carbocycles. The van der Waals surface area contributed by atoms with E-state index in [9.17, 15) is 10.2 Å². The second kappa shape index (κ2) is 3.09. The van der Waals surface area contributed by atoms with Gasteiger partial charge in [-0.1, -0.05) is 6.92 Å². The van der Waals surface area contributed by atoms with Crippen molar-refractivity contribution in [1.29, 1.82) is 0 Å². The van der Waals surface area contributed by atoms with E-state index in [1.54, 1.807) is 0 Å². The second-order valence-electron chi connectivity index (χ2n) is 3.60. The Labute approximate surface area is 67.0 Å². The van der Waals surface area contributed by atoms with E-state index in [0.717, 1.165) is 0 Å². The van der Waals surface area contributed by atoms with Crippen LogP contribution in [0.3, 0.4) is 0 Å². The Balaban J connectivity index is 2.55. The fourth-order valence-electron chi connectivity index (χ4n) is 1.83. The molecule has 0 spiro atoms. The van der Waals surface area contributed by atoms with E-state index in [1.807, 2.05) is 6.92 Å². The minimum Gasteiger partial charge on any atom is -0.390 e. The summed E-state index contributed by atoms with van der Waals surface area (Å²) in [6, 6.07) is 0. The number of aliphatic hydroxyl groups excluding tert-OH is 1. The molecule has 1 fully saturated rings. The highest BCUT2D eigenvalue weighted by Gasteiger charge is 2.43. The van der Waals surface area contributed by atoms with Gasteiger partial charge in [-0.15, -0.1) is 0 Å². The van der Waals surface area contributed by atoms with E-state index in [0.29, 0.717) is 18.8 Å². The summed E-state index contributed by atoms with van der Waals surface area (Å²) in [6.45, 7) is 2.26. The predicted octanol–water partition coefficient (Wildman–Crippen LogP) is 0.155. The number of methoxy groups -OCH3 is 1. The lowest BCUT2D eigenvalue weighted by Gasteiger charge is -2.25. The average Bonchev–Trinajstić information content (AvgIpc) is 2.08. The van der Waals surface area contributed by atoms with Gasteiger partial charge in [-0.25, -0.2) is 0 Å². The van der Waals surface area contributed by atoms with Crippen LogP contribution in [0.2, 0.25) is 0 Å². The first-order chi connectivity index (χ1) is 5.08. The summed E-state index contributed by atoms with van der Waals surface area (Å²) in [5, 5.41) is 19.2. The molecule has 0 aromatic carbocycles. The Hall–Kier alpha value is -0.120. The number of hydrogen-bond acceptors (Lipinski definition) is 3. The molecule has 0 bridgehead atoms. The maximum atomic E-state index is 9.76. The molecular formula is C8H16O3. The van der Waals surface area contributed by atoms with Gasteiger partial charge in [0.1, 0.15) is 5.60 Å². The van der Waals surface area contributed by atoms with E-state index >= 15 is 0 Å². The molecule has 3 nitrogen and oxygen atoms in total. The molecule has 1 rings (SSSR count). The van der Waals surface area contributed by atoms with Crippen molar-refractivity contribution >= 4 is 0 Å². The van der Waals surface area contributed by atoms with Gasteiger partial charge in [-0.3, -0.25) is 0 Å². The van der Waals surface area contributed by atoms with Crippen LogP contribution in [0.5, 0.6) is 0 Å². The zero-order valence-corrected chi connectivity index (χ0v) is 7.08. The highest BCUT2D eigenvalue weighted by Crippen LogP contribution is 2.34. The molecule has 0 aliphatic heterocycles. The van der Waals surface area contributed by atoms with Gasteiger partial charge in [0.15, 0.2) is 0 Å². The Morgan fingerprint density at radius 1 is 1.64 bits per heavy atom. The quantitative estimate of drug-likeness (QED) is 0.604. The molecular weight excluding hydrogens is 144 g/mol. The van der Waals surface area contributed by atoms with E-state index < -0.39 is 11.7 Å². The van der Waals surface area contributed by atoms with Crippen molar-refractivity contribution in [2.45, 2.75) is 31.5 Å². The molecule has 1 unspecified atom stereocenters. The molecule has 1 saturated carbocycles. The standard InChI is InChI=1S/C8H16O3/c1-6-3-7(9)8(10,4-6)5-11-2/h6-7,9-10H,3-5H2,1-2H3/t6-,7?,8-/m0/s1. The molecule has 0 aromatic heterocycles. The first kappa shape index (κ1) is 8.97. The molecule has 1 aliphatic rings. The first-order valence-electron chi connectivity index (χ1n) is 3.98. The number of ether oxygens (including phenoxy) is 1. The van der Waals surface area contributed by atoms with Crippen molar-refractivity contribution in [3.05, 3.63) is 0 Å². The van der Waals surface area contributed by atoms with Gasteiger partial charge in [-0.2, -0.15) is 0 Å². The van der Waals surface area contributed by atoms with Gasteiger partial charge in [0.2, 0.25) is 0 Å². The van der Waals surface area contributed by atoms with Crippen LogP contribution in [0, 0.1) is 5.92 Å². The third-order valence-electron chi connectivity index (χ3n) is 2.34. The van der Waals surface area contributed by atoms with Crippen LogP contribution in [0.15, 0.2) is 0 Å². The molecule has 0 radical (unpaired) electrons. The third kappa shape index (κ3) is 1.72. The lowest BCUT2D eigenvalue weighted by Crippen LogP contribution is -2.41. The van der Waals surface area contributed by atoms with Gasteiger partial charge in [-0.05, 0) is 18.8 Å². The van der Waals surface area contributed by atoms with Crippen molar-refractivity contribution in [2.24, 2.45) is 5.92 Å². The zero-order chi connectivity index (χ0) is 8.48. The van der Waals surface area contributed by atoms with Crippen molar-refractivity contribution in [3.63, 3.8) is 0 Å². The fourth-order valence-corrected chi connectivity index (χ4v) is 1.83. The summed E-state index contributed by atoms with van der Waals surface area (Å²) in [4.78, 5) is 0. The Morgan fingerprint density at radius 3 is 2.64 bits per heavy atom. The van der Waals surface area contributed by atoms with Gasteiger partial charge in [0, 0.05) is 7.11 Å². The maximum absolute atomic E-state index is 9.76. The highest BCUT2D eigenvalue weighted by atomic mass is 16.5. The zero-order valence-electron chi connectivity index (χ0n) is 7.08. The number of hydrogen-bond donors (Lipinski definition) is 2. The number of aliphatic hydroxyl groups is 2. The summed E-state index contributed by atoms with van der Waals surface area (Å²) < 4.78 is 4.84. The molecule has 0 aromatic rings. The van der Waals surface area contributed by atoms with E-state index in [1.165, 1.54) is 7.11 Å². The lowest BCUT2D eigenvalue weighted by molar-refractivity contribution is -0.0949.